The standard InChI is InChI=1S/C12H14F2N4O4/c13-11(14)12(9(21)8(20)6(3-19)22-12)7-2-1-5-10(15)16-4-17-18(5)7/h1-2,4,6,8-9,11,19-21H,3H2,(H2,15,16,17)/t6-,8+,9?,12+/m1/s1. The first kappa shape index (κ1) is 15.0. The zero-order chi connectivity index (χ0) is 16.1. The van der Waals surface area contributed by atoms with E-state index in [4.69, 9.17) is 15.6 Å². The van der Waals surface area contributed by atoms with E-state index >= 15 is 0 Å². The van der Waals surface area contributed by atoms with Crippen molar-refractivity contribution in [2.75, 3.05) is 12.3 Å². The summed E-state index contributed by atoms with van der Waals surface area (Å²) in [5, 5.41) is 32.9. The second kappa shape index (κ2) is 5.09. The molecule has 4 atom stereocenters. The van der Waals surface area contributed by atoms with Gasteiger partial charge in [0.15, 0.2) is 11.4 Å². The van der Waals surface area contributed by atoms with Crippen LogP contribution in [0, 0.1) is 0 Å². The van der Waals surface area contributed by atoms with Crippen LogP contribution in [-0.2, 0) is 10.3 Å². The highest BCUT2D eigenvalue weighted by Crippen LogP contribution is 2.44. The van der Waals surface area contributed by atoms with E-state index in [1.165, 1.54) is 12.1 Å². The second-order valence-electron chi connectivity index (χ2n) is 5.03. The predicted molar refractivity (Wildman–Crippen MR) is 69.1 cm³/mol. The molecular weight excluding hydrogens is 302 g/mol. The molecule has 10 heteroatoms. The van der Waals surface area contributed by atoms with Crippen molar-refractivity contribution in [3.63, 3.8) is 0 Å². The highest BCUT2D eigenvalue weighted by atomic mass is 19.3. The van der Waals surface area contributed by atoms with Gasteiger partial charge < -0.3 is 25.8 Å². The van der Waals surface area contributed by atoms with Gasteiger partial charge in [0, 0.05) is 0 Å². The summed E-state index contributed by atoms with van der Waals surface area (Å²) in [5.74, 6) is 0.0670. The summed E-state index contributed by atoms with van der Waals surface area (Å²) in [6.07, 6.45) is -7.05. The molecule has 1 aliphatic heterocycles. The van der Waals surface area contributed by atoms with E-state index in [0.717, 1.165) is 10.8 Å². The number of nitrogen functional groups attached to an aromatic ring is 1. The van der Waals surface area contributed by atoms with Crippen LogP contribution in [0.2, 0.25) is 0 Å². The molecule has 1 fully saturated rings. The number of hydrogen-bond donors (Lipinski definition) is 4. The summed E-state index contributed by atoms with van der Waals surface area (Å²) >= 11 is 0. The van der Waals surface area contributed by atoms with Crippen molar-refractivity contribution in [1.29, 1.82) is 0 Å². The van der Waals surface area contributed by atoms with Crippen molar-refractivity contribution in [1.82, 2.24) is 14.6 Å². The van der Waals surface area contributed by atoms with Crippen LogP contribution in [0.25, 0.3) is 5.52 Å². The minimum absolute atomic E-state index is 0.0670. The topological polar surface area (TPSA) is 126 Å². The number of aromatic nitrogens is 3. The molecule has 8 nitrogen and oxygen atoms in total. The zero-order valence-corrected chi connectivity index (χ0v) is 11.2. The van der Waals surface area contributed by atoms with Crippen molar-refractivity contribution in [2.45, 2.75) is 30.3 Å². The molecule has 1 saturated heterocycles. The average molecular weight is 316 g/mol. The monoisotopic (exact) mass is 316 g/mol. The first-order chi connectivity index (χ1) is 10.4. The summed E-state index contributed by atoms with van der Waals surface area (Å²) in [4.78, 5) is 3.75. The molecule has 1 unspecified atom stereocenters. The van der Waals surface area contributed by atoms with E-state index in [-0.39, 0.29) is 17.0 Å². The number of nitrogens with two attached hydrogens (primary N) is 1. The fourth-order valence-electron chi connectivity index (χ4n) is 2.75. The largest absolute Gasteiger partial charge is 0.394 e. The van der Waals surface area contributed by atoms with Gasteiger partial charge >= 0.3 is 0 Å². The number of aliphatic hydroxyl groups excluding tert-OH is 3. The molecule has 22 heavy (non-hydrogen) atoms. The number of alkyl halides is 2. The van der Waals surface area contributed by atoms with E-state index in [2.05, 4.69) is 10.1 Å². The Balaban J connectivity index is 2.22. The number of hydrogen-bond acceptors (Lipinski definition) is 7. The molecule has 1 aliphatic rings. The van der Waals surface area contributed by atoms with Gasteiger partial charge in [-0.25, -0.2) is 18.3 Å². The van der Waals surface area contributed by atoms with Gasteiger partial charge in [0.05, 0.1) is 12.3 Å². The van der Waals surface area contributed by atoms with Crippen molar-refractivity contribution in [2.24, 2.45) is 0 Å². The third-order valence-electron chi connectivity index (χ3n) is 3.88. The number of rotatable bonds is 3. The van der Waals surface area contributed by atoms with Gasteiger partial charge in [0.25, 0.3) is 6.43 Å². The molecule has 2 aromatic heterocycles. The van der Waals surface area contributed by atoms with Crippen LogP contribution in [0.4, 0.5) is 14.6 Å². The number of ether oxygens (including phenoxy) is 1. The van der Waals surface area contributed by atoms with Crippen molar-refractivity contribution >= 4 is 11.3 Å². The number of nitrogens with zero attached hydrogens (tertiary/aromatic N) is 3. The van der Waals surface area contributed by atoms with Gasteiger partial charge in [-0.05, 0) is 12.1 Å². The van der Waals surface area contributed by atoms with E-state index < -0.39 is 36.9 Å². The summed E-state index contributed by atoms with van der Waals surface area (Å²) in [6.45, 7) is -0.715. The first-order valence-corrected chi connectivity index (χ1v) is 6.45. The van der Waals surface area contributed by atoms with Crippen molar-refractivity contribution in [3.8, 4) is 0 Å². The molecule has 5 N–H and O–H groups in total. The lowest BCUT2D eigenvalue weighted by atomic mass is 9.91. The lowest BCUT2D eigenvalue weighted by Gasteiger charge is -2.30. The molecule has 3 rings (SSSR count). The van der Waals surface area contributed by atoms with Crippen LogP contribution < -0.4 is 5.73 Å². The molecule has 0 spiro atoms. The van der Waals surface area contributed by atoms with Gasteiger partial charge in [-0.2, -0.15) is 5.10 Å². The summed E-state index contributed by atoms with van der Waals surface area (Å²) in [7, 11) is 0. The van der Waals surface area contributed by atoms with E-state index in [1.54, 1.807) is 0 Å². The maximum absolute atomic E-state index is 13.8. The van der Waals surface area contributed by atoms with Gasteiger partial charge in [-0.1, -0.05) is 0 Å². The Morgan fingerprint density at radius 1 is 1.41 bits per heavy atom. The highest BCUT2D eigenvalue weighted by Gasteiger charge is 2.62. The molecule has 0 amide bonds. The van der Waals surface area contributed by atoms with Gasteiger partial charge in [0.2, 0.25) is 0 Å². The van der Waals surface area contributed by atoms with Crippen LogP contribution in [0.3, 0.4) is 0 Å². The Morgan fingerprint density at radius 2 is 2.14 bits per heavy atom. The first-order valence-electron chi connectivity index (χ1n) is 6.45. The summed E-state index contributed by atoms with van der Waals surface area (Å²) < 4.78 is 33.7. The highest BCUT2D eigenvalue weighted by molar-refractivity contribution is 5.65. The smallest absolute Gasteiger partial charge is 0.275 e. The predicted octanol–water partition coefficient (Wildman–Crippen LogP) is -1.12. The van der Waals surface area contributed by atoms with Gasteiger partial charge in [0.1, 0.15) is 30.2 Å². The minimum Gasteiger partial charge on any atom is -0.394 e. The Kier molecular flexibility index (Phi) is 3.48. The number of halogens is 2. The van der Waals surface area contributed by atoms with Crippen LogP contribution >= 0.6 is 0 Å². The molecule has 0 aliphatic carbocycles. The Bertz CT molecular complexity index is 697. The minimum atomic E-state index is -3.18. The molecule has 0 radical (unpaired) electrons. The lowest BCUT2D eigenvalue weighted by molar-refractivity contribution is -0.179. The molecular formula is C12H14F2N4O4. The molecule has 3 heterocycles. The van der Waals surface area contributed by atoms with E-state index in [1.807, 2.05) is 0 Å². The fraction of sp³-hybridized carbons (Fsp3) is 0.500. The molecule has 0 bridgehead atoms. The van der Waals surface area contributed by atoms with Crippen LogP contribution in [-0.4, -0.2) is 61.3 Å². The quantitative estimate of drug-likeness (QED) is 0.565. The Hall–Kier alpha value is -1.88. The number of aliphatic hydroxyl groups is 3. The normalized spacial score (nSPS) is 32.2. The summed E-state index contributed by atoms with van der Waals surface area (Å²) in [5.41, 5.74) is 3.20. The number of anilines is 1. The van der Waals surface area contributed by atoms with Crippen LogP contribution in [0.1, 0.15) is 5.69 Å². The van der Waals surface area contributed by atoms with E-state index in [9.17, 15) is 19.0 Å². The molecule has 120 valence electrons. The van der Waals surface area contributed by atoms with Gasteiger partial charge in [-0.3, -0.25) is 0 Å². The van der Waals surface area contributed by atoms with E-state index in [0.29, 0.717) is 0 Å². The molecule has 0 aromatic carbocycles. The third-order valence-corrected chi connectivity index (χ3v) is 3.88. The zero-order valence-electron chi connectivity index (χ0n) is 11.2. The molecule has 2 aromatic rings. The lowest BCUT2D eigenvalue weighted by Crippen LogP contribution is -2.47. The second-order valence-corrected chi connectivity index (χ2v) is 5.03. The fourth-order valence-corrected chi connectivity index (χ4v) is 2.75. The van der Waals surface area contributed by atoms with Crippen molar-refractivity contribution in [3.05, 3.63) is 24.2 Å². The maximum Gasteiger partial charge on any atom is 0.275 e. The van der Waals surface area contributed by atoms with Crippen molar-refractivity contribution < 1.29 is 28.8 Å². The SMILES string of the molecule is Nc1ncnn2c([C@]3(C(F)F)O[C@H](CO)[C@H](O)C3O)ccc12. The van der Waals surface area contributed by atoms with Crippen LogP contribution in [0.15, 0.2) is 18.5 Å². The summed E-state index contributed by atoms with van der Waals surface area (Å²) in [6, 6.07) is 2.67. The van der Waals surface area contributed by atoms with Gasteiger partial charge in [-0.15, -0.1) is 0 Å². The number of fused-ring (bicyclic) bond motifs is 1. The average Bonchev–Trinajstić information content (AvgIpc) is 3.02. The Labute approximate surface area is 122 Å². The van der Waals surface area contributed by atoms with Crippen LogP contribution in [0.5, 0.6) is 0 Å². The third kappa shape index (κ3) is 1.81. The Morgan fingerprint density at radius 3 is 2.73 bits per heavy atom. The maximum atomic E-state index is 13.8. The molecule has 0 saturated carbocycles.